The van der Waals surface area contributed by atoms with Gasteiger partial charge in [-0.1, -0.05) is 0 Å². The van der Waals surface area contributed by atoms with E-state index in [1.165, 1.54) is 19.6 Å². The zero-order valence-electron chi connectivity index (χ0n) is 10.8. The van der Waals surface area contributed by atoms with Crippen molar-refractivity contribution in [2.75, 3.05) is 27.2 Å². The van der Waals surface area contributed by atoms with Gasteiger partial charge in [0.1, 0.15) is 0 Å². The summed E-state index contributed by atoms with van der Waals surface area (Å²) in [6.45, 7) is 3.02. The van der Waals surface area contributed by atoms with Crippen molar-refractivity contribution in [2.45, 2.75) is 25.0 Å². The number of pyridine rings is 1. The first-order chi connectivity index (χ1) is 8.67. The van der Waals surface area contributed by atoms with Gasteiger partial charge in [0.15, 0.2) is 5.82 Å². The Bertz CT molecular complexity index is 442. The summed E-state index contributed by atoms with van der Waals surface area (Å²) in [5.41, 5.74) is 0.924. The lowest BCUT2D eigenvalue weighted by atomic mass is 9.87. The molecule has 0 saturated carbocycles. The fourth-order valence-electron chi connectivity index (χ4n) is 3.07. The number of aromatic nitrogens is 1. The largest absolute Gasteiger partial charge is 0.479 e. The lowest BCUT2D eigenvalue weighted by Gasteiger charge is -2.55. The van der Waals surface area contributed by atoms with E-state index >= 15 is 0 Å². The maximum Gasteiger partial charge on any atom is 0.250 e. The predicted octanol–water partition coefficient (Wildman–Crippen LogP) is 1.12. The highest BCUT2D eigenvalue weighted by Gasteiger charge is 2.43. The molecule has 5 heteroatoms. The standard InChI is InChI=1S/C13H18FN3O/c1-16-7-10-4-11(8-16)17(10)6-9-3-12(14)13(18-2)15-5-9/h3,5,10-11H,4,6-8H2,1-2H3. The van der Waals surface area contributed by atoms with Crippen LogP contribution in [-0.2, 0) is 6.54 Å². The van der Waals surface area contributed by atoms with Crippen LogP contribution in [0, 0.1) is 5.82 Å². The molecular weight excluding hydrogens is 233 g/mol. The number of hydrogen-bond acceptors (Lipinski definition) is 4. The first kappa shape index (κ1) is 11.9. The van der Waals surface area contributed by atoms with E-state index in [2.05, 4.69) is 21.8 Å². The van der Waals surface area contributed by atoms with Crippen LogP contribution >= 0.6 is 0 Å². The Labute approximate surface area is 106 Å². The number of likely N-dealkylation sites (tertiary alicyclic amines) is 2. The number of methoxy groups -OCH3 is 1. The molecule has 3 heterocycles. The second kappa shape index (κ2) is 4.48. The molecule has 2 aliphatic heterocycles. The molecule has 3 rings (SSSR count). The number of piperazine rings is 1. The van der Waals surface area contributed by atoms with E-state index in [4.69, 9.17) is 4.74 Å². The van der Waals surface area contributed by atoms with Gasteiger partial charge in [0.05, 0.1) is 7.11 Å². The Morgan fingerprint density at radius 2 is 2.17 bits per heavy atom. The summed E-state index contributed by atoms with van der Waals surface area (Å²) in [7, 11) is 3.59. The van der Waals surface area contributed by atoms with E-state index in [1.54, 1.807) is 6.20 Å². The van der Waals surface area contributed by atoms with E-state index in [-0.39, 0.29) is 11.7 Å². The zero-order chi connectivity index (χ0) is 12.7. The van der Waals surface area contributed by atoms with Crippen LogP contribution in [0.15, 0.2) is 12.3 Å². The van der Waals surface area contributed by atoms with Crippen molar-refractivity contribution in [3.63, 3.8) is 0 Å². The number of fused-ring (bicyclic) bond motifs is 2. The van der Waals surface area contributed by atoms with Crippen molar-refractivity contribution >= 4 is 0 Å². The molecule has 98 valence electrons. The van der Waals surface area contributed by atoms with Gasteiger partial charge in [0, 0.05) is 37.9 Å². The third-order valence-corrected chi connectivity index (χ3v) is 3.95. The van der Waals surface area contributed by atoms with Gasteiger partial charge in [-0.25, -0.2) is 9.37 Å². The smallest absolute Gasteiger partial charge is 0.250 e. The SMILES string of the molecule is COc1ncc(CN2C3CC2CN(C)C3)cc1F. The topological polar surface area (TPSA) is 28.6 Å². The average molecular weight is 251 g/mol. The summed E-state index contributed by atoms with van der Waals surface area (Å²) in [6, 6.07) is 2.78. The quantitative estimate of drug-likeness (QED) is 0.805. The molecule has 2 unspecified atom stereocenters. The molecule has 0 spiro atoms. The van der Waals surface area contributed by atoms with Crippen LogP contribution in [0.1, 0.15) is 12.0 Å². The van der Waals surface area contributed by atoms with Crippen molar-refractivity contribution in [3.8, 4) is 5.88 Å². The van der Waals surface area contributed by atoms with E-state index < -0.39 is 0 Å². The van der Waals surface area contributed by atoms with Crippen LogP contribution in [0.4, 0.5) is 4.39 Å². The van der Waals surface area contributed by atoms with Crippen LogP contribution in [0.2, 0.25) is 0 Å². The minimum Gasteiger partial charge on any atom is -0.479 e. The molecule has 1 aromatic heterocycles. The van der Waals surface area contributed by atoms with Gasteiger partial charge in [-0.15, -0.1) is 0 Å². The van der Waals surface area contributed by atoms with Gasteiger partial charge in [-0.3, -0.25) is 4.90 Å². The van der Waals surface area contributed by atoms with Crippen molar-refractivity contribution in [3.05, 3.63) is 23.6 Å². The molecule has 0 N–H and O–H groups in total. The molecule has 18 heavy (non-hydrogen) atoms. The van der Waals surface area contributed by atoms with Crippen molar-refractivity contribution in [1.29, 1.82) is 0 Å². The monoisotopic (exact) mass is 251 g/mol. The highest BCUT2D eigenvalue weighted by atomic mass is 19.1. The molecule has 4 nitrogen and oxygen atoms in total. The highest BCUT2D eigenvalue weighted by Crippen LogP contribution is 2.33. The normalized spacial score (nSPS) is 27.9. The van der Waals surface area contributed by atoms with Crippen LogP contribution in [-0.4, -0.2) is 54.1 Å². The fourth-order valence-corrected chi connectivity index (χ4v) is 3.07. The Hall–Kier alpha value is -1.20. The zero-order valence-corrected chi connectivity index (χ0v) is 10.8. The Balaban J connectivity index is 1.69. The third-order valence-electron chi connectivity index (χ3n) is 3.95. The number of ether oxygens (including phenoxy) is 1. The maximum atomic E-state index is 13.6. The average Bonchev–Trinajstić information content (AvgIpc) is 2.36. The van der Waals surface area contributed by atoms with Gasteiger partial charge < -0.3 is 9.64 Å². The summed E-state index contributed by atoms with van der Waals surface area (Å²) in [4.78, 5) is 8.79. The lowest BCUT2D eigenvalue weighted by Crippen LogP contribution is -2.67. The van der Waals surface area contributed by atoms with Crippen molar-refractivity contribution < 1.29 is 9.13 Å². The van der Waals surface area contributed by atoms with E-state index in [1.807, 2.05) is 0 Å². The van der Waals surface area contributed by atoms with Gasteiger partial charge in [0.2, 0.25) is 5.88 Å². The molecule has 2 saturated heterocycles. The third kappa shape index (κ3) is 1.97. The molecule has 2 fully saturated rings. The van der Waals surface area contributed by atoms with Crippen LogP contribution in [0.25, 0.3) is 0 Å². The molecule has 0 aromatic carbocycles. The van der Waals surface area contributed by atoms with Crippen molar-refractivity contribution in [2.24, 2.45) is 0 Å². The van der Waals surface area contributed by atoms with Gasteiger partial charge >= 0.3 is 0 Å². The number of rotatable bonds is 3. The minimum atomic E-state index is -0.377. The maximum absolute atomic E-state index is 13.6. The summed E-state index contributed by atoms with van der Waals surface area (Å²) in [5.74, 6) is -0.305. The molecule has 2 bridgehead atoms. The van der Waals surface area contributed by atoms with Crippen LogP contribution < -0.4 is 4.74 Å². The summed E-state index contributed by atoms with van der Waals surface area (Å²) < 4.78 is 18.4. The molecule has 2 atom stereocenters. The number of piperidine rings is 1. The van der Waals surface area contributed by atoms with E-state index in [9.17, 15) is 4.39 Å². The first-order valence-corrected chi connectivity index (χ1v) is 6.30. The van der Waals surface area contributed by atoms with E-state index in [0.717, 1.165) is 25.2 Å². The number of halogens is 1. The molecule has 0 aliphatic carbocycles. The molecule has 0 amide bonds. The molecular formula is C13H18FN3O. The summed E-state index contributed by atoms with van der Waals surface area (Å²) >= 11 is 0. The molecule has 1 aromatic rings. The predicted molar refractivity (Wildman–Crippen MR) is 66.0 cm³/mol. The van der Waals surface area contributed by atoms with Crippen molar-refractivity contribution in [1.82, 2.24) is 14.8 Å². The first-order valence-electron chi connectivity index (χ1n) is 6.30. The number of likely N-dealkylation sites (N-methyl/N-ethyl adjacent to an activating group) is 1. The highest BCUT2D eigenvalue weighted by molar-refractivity contribution is 5.21. The second-order valence-electron chi connectivity index (χ2n) is 5.27. The lowest BCUT2D eigenvalue weighted by molar-refractivity contribution is -0.0669. The van der Waals surface area contributed by atoms with Gasteiger partial charge in [-0.05, 0) is 25.1 Å². The summed E-state index contributed by atoms with van der Waals surface area (Å²) in [6.07, 6.45) is 2.98. The van der Waals surface area contributed by atoms with Gasteiger partial charge in [0.25, 0.3) is 0 Å². The van der Waals surface area contributed by atoms with E-state index in [0.29, 0.717) is 12.1 Å². The number of nitrogens with zero attached hydrogens (tertiary/aromatic N) is 3. The number of hydrogen-bond donors (Lipinski definition) is 0. The molecule has 2 aliphatic rings. The Kier molecular flexibility index (Phi) is 2.95. The summed E-state index contributed by atoms with van der Waals surface area (Å²) in [5, 5.41) is 0. The minimum absolute atomic E-state index is 0.0716. The van der Waals surface area contributed by atoms with Crippen LogP contribution in [0.3, 0.4) is 0 Å². The Morgan fingerprint density at radius 3 is 2.78 bits per heavy atom. The Morgan fingerprint density at radius 1 is 1.44 bits per heavy atom. The van der Waals surface area contributed by atoms with Crippen LogP contribution in [0.5, 0.6) is 5.88 Å². The van der Waals surface area contributed by atoms with Gasteiger partial charge in [-0.2, -0.15) is 0 Å². The fraction of sp³-hybridized carbons (Fsp3) is 0.615. The molecule has 0 radical (unpaired) electrons. The second-order valence-corrected chi connectivity index (χ2v) is 5.27.